The second-order valence-electron chi connectivity index (χ2n) is 3.76. The zero-order chi connectivity index (χ0) is 10.6. The number of piperidine rings is 1. The quantitative estimate of drug-likeness (QED) is 0.662. The van der Waals surface area contributed by atoms with E-state index in [2.05, 4.69) is 17.1 Å². The lowest BCUT2D eigenvalue weighted by atomic mass is 9.87. The van der Waals surface area contributed by atoms with Gasteiger partial charge in [-0.05, 0) is 26.4 Å². The van der Waals surface area contributed by atoms with Crippen molar-refractivity contribution in [3.05, 3.63) is 0 Å². The number of hydrogen-bond donors (Lipinski definition) is 1. The molecule has 1 N–H and O–H groups in total. The molecule has 14 heavy (non-hydrogen) atoms. The number of carbonyl (C=O) groups is 1. The molecule has 1 heterocycles. The lowest BCUT2D eigenvalue weighted by Crippen LogP contribution is -2.57. The van der Waals surface area contributed by atoms with Crippen LogP contribution in [0.15, 0.2) is 0 Å². The van der Waals surface area contributed by atoms with Gasteiger partial charge in [0.25, 0.3) is 0 Å². The molecule has 4 nitrogen and oxygen atoms in total. The number of hydrogen-bond acceptors (Lipinski definition) is 4. The fraction of sp³-hybridized carbons (Fsp3) is 0.900. The smallest absolute Gasteiger partial charge is 0.326 e. The summed E-state index contributed by atoms with van der Waals surface area (Å²) in [6, 6.07) is 0. The van der Waals surface area contributed by atoms with Crippen LogP contribution in [-0.4, -0.2) is 50.2 Å². The van der Waals surface area contributed by atoms with Crippen LogP contribution in [0.25, 0.3) is 0 Å². The van der Waals surface area contributed by atoms with Crippen LogP contribution in [0.1, 0.15) is 19.8 Å². The van der Waals surface area contributed by atoms with Gasteiger partial charge >= 0.3 is 5.97 Å². The molecule has 0 saturated carbocycles. The summed E-state index contributed by atoms with van der Waals surface area (Å²) in [6.07, 6.45) is 1.67. The van der Waals surface area contributed by atoms with Gasteiger partial charge in [0, 0.05) is 13.1 Å². The topological polar surface area (TPSA) is 41.6 Å². The molecule has 0 radical (unpaired) electrons. The maximum absolute atomic E-state index is 11.6. The first-order chi connectivity index (χ1) is 6.68. The SMILES string of the molecule is CCN1CCC(NC)(C(=O)OC)CC1. The van der Waals surface area contributed by atoms with Gasteiger partial charge in [0.1, 0.15) is 5.54 Å². The van der Waals surface area contributed by atoms with Crippen molar-refractivity contribution in [3.63, 3.8) is 0 Å². The van der Waals surface area contributed by atoms with Crippen LogP contribution in [0.2, 0.25) is 0 Å². The van der Waals surface area contributed by atoms with E-state index < -0.39 is 5.54 Å². The number of likely N-dealkylation sites (N-methyl/N-ethyl adjacent to an activating group) is 1. The molecule has 1 aliphatic heterocycles. The van der Waals surface area contributed by atoms with Gasteiger partial charge in [0.2, 0.25) is 0 Å². The Kier molecular flexibility index (Phi) is 3.89. The Morgan fingerprint density at radius 2 is 2.07 bits per heavy atom. The average Bonchev–Trinajstić information content (AvgIpc) is 2.28. The van der Waals surface area contributed by atoms with Gasteiger partial charge in [-0.1, -0.05) is 6.92 Å². The zero-order valence-electron chi connectivity index (χ0n) is 9.30. The third kappa shape index (κ3) is 2.07. The first-order valence-corrected chi connectivity index (χ1v) is 5.18. The van der Waals surface area contributed by atoms with E-state index in [1.165, 1.54) is 7.11 Å². The maximum atomic E-state index is 11.6. The van der Waals surface area contributed by atoms with Crippen LogP contribution in [0.5, 0.6) is 0 Å². The Hall–Kier alpha value is -0.610. The molecule has 0 aromatic heterocycles. The minimum Gasteiger partial charge on any atom is -0.468 e. The van der Waals surface area contributed by atoms with Crippen molar-refractivity contribution in [3.8, 4) is 0 Å². The minimum absolute atomic E-state index is 0.129. The highest BCUT2D eigenvalue weighted by Gasteiger charge is 2.40. The van der Waals surface area contributed by atoms with Crippen molar-refractivity contribution in [2.45, 2.75) is 25.3 Å². The van der Waals surface area contributed by atoms with E-state index in [0.717, 1.165) is 32.5 Å². The summed E-state index contributed by atoms with van der Waals surface area (Å²) in [5, 5.41) is 3.11. The van der Waals surface area contributed by atoms with Gasteiger partial charge in [-0.3, -0.25) is 4.79 Å². The Labute approximate surface area is 85.6 Å². The van der Waals surface area contributed by atoms with E-state index in [1.807, 2.05) is 7.05 Å². The molecule has 0 aromatic rings. The number of methoxy groups -OCH3 is 1. The molecule has 82 valence electrons. The van der Waals surface area contributed by atoms with Crippen molar-refractivity contribution in [2.24, 2.45) is 0 Å². The number of esters is 1. The molecule has 0 amide bonds. The summed E-state index contributed by atoms with van der Waals surface area (Å²) >= 11 is 0. The van der Waals surface area contributed by atoms with Crippen LogP contribution in [-0.2, 0) is 9.53 Å². The summed E-state index contributed by atoms with van der Waals surface area (Å²) in [5.74, 6) is -0.129. The highest BCUT2D eigenvalue weighted by atomic mass is 16.5. The first kappa shape index (κ1) is 11.5. The molecule has 0 atom stereocenters. The van der Waals surface area contributed by atoms with Crippen LogP contribution in [0.4, 0.5) is 0 Å². The van der Waals surface area contributed by atoms with E-state index in [4.69, 9.17) is 4.74 Å². The van der Waals surface area contributed by atoms with Crippen molar-refractivity contribution in [1.82, 2.24) is 10.2 Å². The number of rotatable bonds is 3. The molecule has 1 aliphatic rings. The lowest BCUT2D eigenvalue weighted by Gasteiger charge is -2.39. The van der Waals surface area contributed by atoms with Crippen LogP contribution >= 0.6 is 0 Å². The Balaban J connectivity index is 2.61. The van der Waals surface area contributed by atoms with Crippen molar-refractivity contribution in [1.29, 1.82) is 0 Å². The van der Waals surface area contributed by atoms with Gasteiger partial charge in [-0.2, -0.15) is 0 Å². The number of nitrogens with zero attached hydrogens (tertiary/aromatic N) is 1. The van der Waals surface area contributed by atoms with E-state index >= 15 is 0 Å². The molecule has 1 rings (SSSR count). The first-order valence-electron chi connectivity index (χ1n) is 5.18. The molecule has 0 unspecified atom stereocenters. The van der Waals surface area contributed by atoms with E-state index in [9.17, 15) is 4.79 Å². The van der Waals surface area contributed by atoms with E-state index in [0.29, 0.717) is 0 Å². The second kappa shape index (κ2) is 4.75. The molecule has 0 aliphatic carbocycles. The molecule has 0 spiro atoms. The summed E-state index contributed by atoms with van der Waals surface area (Å²) in [5.41, 5.74) is -0.444. The van der Waals surface area contributed by atoms with E-state index in [1.54, 1.807) is 0 Å². The molecular weight excluding hydrogens is 180 g/mol. The fourth-order valence-corrected chi connectivity index (χ4v) is 2.00. The largest absolute Gasteiger partial charge is 0.468 e. The summed E-state index contributed by atoms with van der Waals surface area (Å²) in [4.78, 5) is 14.0. The lowest BCUT2D eigenvalue weighted by molar-refractivity contribution is -0.150. The number of likely N-dealkylation sites (tertiary alicyclic amines) is 1. The second-order valence-corrected chi connectivity index (χ2v) is 3.76. The summed E-state index contributed by atoms with van der Waals surface area (Å²) < 4.78 is 4.83. The predicted molar refractivity (Wildman–Crippen MR) is 55.2 cm³/mol. The summed E-state index contributed by atoms with van der Waals surface area (Å²) in [6.45, 7) is 5.13. The molecule has 1 fully saturated rings. The van der Waals surface area contributed by atoms with Crippen molar-refractivity contribution < 1.29 is 9.53 Å². The number of nitrogens with one attached hydrogen (secondary N) is 1. The van der Waals surface area contributed by atoms with Crippen molar-refractivity contribution >= 4 is 5.97 Å². The highest BCUT2D eigenvalue weighted by Crippen LogP contribution is 2.22. The van der Waals surface area contributed by atoms with Gasteiger partial charge in [-0.15, -0.1) is 0 Å². The highest BCUT2D eigenvalue weighted by molar-refractivity contribution is 5.80. The Bertz CT molecular complexity index is 198. The van der Waals surface area contributed by atoms with Crippen LogP contribution in [0, 0.1) is 0 Å². The molecule has 0 aromatic carbocycles. The normalized spacial score (nSPS) is 21.9. The predicted octanol–water partition coefficient (Wildman–Crippen LogP) is 0.233. The van der Waals surface area contributed by atoms with Gasteiger partial charge in [0.05, 0.1) is 7.11 Å². The Morgan fingerprint density at radius 1 is 1.50 bits per heavy atom. The minimum atomic E-state index is -0.444. The molecule has 4 heteroatoms. The third-order valence-corrected chi connectivity index (χ3v) is 3.21. The number of carbonyl (C=O) groups excluding carboxylic acids is 1. The summed E-state index contributed by atoms with van der Waals surface area (Å²) in [7, 11) is 3.28. The average molecular weight is 200 g/mol. The maximum Gasteiger partial charge on any atom is 0.326 e. The van der Waals surface area contributed by atoms with Gasteiger partial charge < -0.3 is 15.0 Å². The molecule has 0 bridgehead atoms. The zero-order valence-corrected chi connectivity index (χ0v) is 9.30. The standard InChI is InChI=1S/C10H20N2O2/c1-4-12-7-5-10(11-2,6-8-12)9(13)14-3/h11H,4-8H2,1-3H3. The molecule has 1 saturated heterocycles. The Morgan fingerprint density at radius 3 is 2.43 bits per heavy atom. The van der Waals surface area contributed by atoms with E-state index in [-0.39, 0.29) is 5.97 Å². The van der Waals surface area contributed by atoms with Gasteiger partial charge in [-0.25, -0.2) is 0 Å². The van der Waals surface area contributed by atoms with Crippen LogP contribution in [0.3, 0.4) is 0 Å². The van der Waals surface area contributed by atoms with Gasteiger partial charge in [0.15, 0.2) is 0 Å². The fourth-order valence-electron chi connectivity index (χ4n) is 2.00. The van der Waals surface area contributed by atoms with Crippen molar-refractivity contribution in [2.75, 3.05) is 33.8 Å². The van der Waals surface area contributed by atoms with Crippen LogP contribution < -0.4 is 5.32 Å². The number of ether oxygens (including phenoxy) is 1. The molecular formula is C10H20N2O2. The monoisotopic (exact) mass is 200 g/mol. The third-order valence-electron chi connectivity index (χ3n) is 3.21.